The van der Waals surface area contributed by atoms with Crippen LogP contribution in [0.1, 0.15) is 18.1 Å². The highest BCUT2D eigenvalue weighted by Gasteiger charge is 2.19. The number of hydrogen-bond acceptors (Lipinski definition) is 5. The molecule has 0 saturated carbocycles. The van der Waals surface area contributed by atoms with Gasteiger partial charge in [0, 0.05) is 15.6 Å². The van der Waals surface area contributed by atoms with E-state index in [1.807, 2.05) is 0 Å². The second kappa shape index (κ2) is 10.3. The molecule has 0 aromatic heterocycles. The van der Waals surface area contributed by atoms with E-state index in [-0.39, 0.29) is 23.0 Å². The molecule has 0 atom stereocenters. The van der Waals surface area contributed by atoms with Crippen LogP contribution in [0.5, 0.6) is 11.5 Å². The zero-order valence-electron chi connectivity index (χ0n) is 16.7. The fraction of sp³-hybridized carbons (Fsp3) is 0.0870. The molecule has 3 rings (SSSR count). The molecule has 5 nitrogen and oxygen atoms in total. The van der Waals surface area contributed by atoms with Crippen molar-refractivity contribution in [3.05, 3.63) is 86.9 Å². The first-order valence-electron chi connectivity index (χ1n) is 9.27. The summed E-state index contributed by atoms with van der Waals surface area (Å²) >= 11 is 18.0. The molecule has 0 saturated heterocycles. The smallest absolute Gasteiger partial charge is 0.339 e. The van der Waals surface area contributed by atoms with Crippen LogP contribution in [-0.4, -0.2) is 15.0 Å². The third kappa shape index (κ3) is 5.76. The molecule has 3 aromatic rings. The molecule has 0 amide bonds. The van der Waals surface area contributed by atoms with Gasteiger partial charge in [-0.2, -0.15) is 13.7 Å². The average molecular weight is 509 g/mol. The summed E-state index contributed by atoms with van der Waals surface area (Å²) in [6, 6.07) is 17.2. The van der Waals surface area contributed by atoms with E-state index in [9.17, 15) is 13.7 Å². The Kier molecular flexibility index (Phi) is 7.70. The maximum atomic E-state index is 12.6. The lowest BCUT2D eigenvalue weighted by Gasteiger charge is -2.13. The summed E-state index contributed by atoms with van der Waals surface area (Å²) in [7, 11) is -4.10. The van der Waals surface area contributed by atoms with Gasteiger partial charge in [-0.1, -0.05) is 46.9 Å². The van der Waals surface area contributed by atoms with Crippen molar-refractivity contribution in [2.45, 2.75) is 11.8 Å². The van der Waals surface area contributed by atoms with Crippen molar-refractivity contribution in [2.75, 3.05) is 6.61 Å². The number of allylic oxidation sites excluding steroid dienone is 1. The Hall–Kier alpha value is -2.69. The van der Waals surface area contributed by atoms with Crippen molar-refractivity contribution in [3.63, 3.8) is 0 Å². The van der Waals surface area contributed by atoms with E-state index >= 15 is 0 Å². The van der Waals surface area contributed by atoms with Crippen LogP contribution >= 0.6 is 34.8 Å². The van der Waals surface area contributed by atoms with E-state index < -0.39 is 10.1 Å². The molecular formula is C23H16Cl3NO4S. The summed E-state index contributed by atoms with van der Waals surface area (Å²) in [6.45, 7) is 2.03. The standard InChI is InChI=1S/C23H16Cl3NO4S/c1-2-30-23-12-15(11-16(14-27)20-9-6-18(25)13-21(20)26)3-10-22(23)31-32(28,29)19-7-4-17(24)5-8-19/h3-13H,2H2,1H3/b16-11+. The average Bonchev–Trinajstić information content (AvgIpc) is 2.74. The number of benzene rings is 3. The fourth-order valence-electron chi connectivity index (χ4n) is 2.76. The van der Waals surface area contributed by atoms with Gasteiger partial charge < -0.3 is 8.92 Å². The van der Waals surface area contributed by atoms with E-state index in [0.29, 0.717) is 31.8 Å². The van der Waals surface area contributed by atoms with E-state index in [1.165, 1.54) is 30.3 Å². The highest BCUT2D eigenvalue weighted by atomic mass is 35.5. The highest BCUT2D eigenvalue weighted by molar-refractivity contribution is 7.87. The Balaban J connectivity index is 1.97. The number of ether oxygens (including phenoxy) is 1. The molecule has 3 aromatic carbocycles. The summed E-state index contributed by atoms with van der Waals surface area (Å²) in [5.74, 6) is 0.222. The Morgan fingerprint density at radius 2 is 1.66 bits per heavy atom. The Labute approximate surface area is 201 Å². The lowest BCUT2D eigenvalue weighted by atomic mass is 10.0. The Morgan fingerprint density at radius 1 is 0.969 bits per heavy atom. The molecule has 0 spiro atoms. The van der Waals surface area contributed by atoms with Gasteiger partial charge in [0.2, 0.25) is 0 Å². The van der Waals surface area contributed by atoms with Crippen LogP contribution in [0.4, 0.5) is 0 Å². The van der Waals surface area contributed by atoms with E-state index in [0.717, 1.165) is 0 Å². The van der Waals surface area contributed by atoms with E-state index in [2.05, 4.69) is 6.07 Å². The van der Waals surface area contributed by atoms with Gasteiger partial charge in [-0.05, 0) is 67.1 Å². The Bertz CT molecular complexity index is 1310. The van der Waals surface area contributed by atoms with Crippen LogP contribution < -0.4 is 8.92 Å². The summed E-state index contributed by atoms with van der Waals surface area (Å²) < 4.78 is 36.1. The van der Waals surface area contributed by atoms with Crippen molar-refractivity contribution < 1.29 is 17.3 Å². The number of nitrogens with zero attached hydrogens (tertiary/aromatic N) is 1. The lowest BCUT2D eigenvalue weighted by Crippen LogP contribution is -2.10. The van der Waals surface area contributed by atoms with Crippen LogP contribution in [0.15, 0.2) is 65.6 Å². The molecule has 32 heavy (non-hydrogen) atoms. The predicted molar refractivity (Wildman–Crippen MR) is 127 cm³/mol. The van der Waals surface area contributed by atoms with Crippen LogP contribution in [0.2, 0.25) is 15.1 Å². The van der Waals surface area contributed by atoms with E-state index in [4.69, 9.17) is 43.7 Å². The first kappa shape index (κ1) is 24.0. The third-order valence-corrected chi connectivity index (χ3v) is 6.27. The SMILES string of the molecule is CCOc1cc(/C=C(\C#N)c2ccc(Cl)cc2Cl)ccc1OS(=O)(=O)c1ccc(Cl)cc1. The molecule has 0 unspecified atom stereocenters. The van der Waals surface area contributed by atoms with Gasteiger partial charge in [-0.15, -0.1) is 0 Å². The van der Waals surface area contributed by atoms with Crippen LogP contribution in [0.25, 0.3) is 11.6 Å². The summed E-state index contributed by atoms with van der Waals surface area (Å²) in [5, 5.41) is 10.8. The molecule has 0 bridgehead atoms. The van der Waals surface area contributed by atoms with Crippen LogP contribution in [-0.2, 0) is 10.1 Å². The monoisotopic (exact) mass is 507 g/mol. The van der Waals surface area contributed by atoms with Crippen molar-refractivity contribution in [1.29, 1.82) is 5.26 Å². The molecule has 9 heteroatoms. The molecule has 0 fully saturated rings. The first-order valence-corrected chi connectivity index (χ1v) is 11.8. The van der Waals surface area contributed by atoms with Crippen molar-refractivity contribution in [2.24, 2.45) is 0 Å². The minimum Gasteiger partial charge on any atom is -0.490 e. The number of halogens is 3. The van der Waals surface area contributed by atoms with Crippen molar-refractivity contribution >= 4 is 56.6 Å². The number of hydrogen-bond donors (Lipinski definition) is 0. The van der Waals surface area contributed by atoms with Gasteiger partial charge in [0.05, 0.1) is 23.3 Å². The second-order valence-electron chi connectivity index (χ2n) is 6.42. The maximum Gasteiger partial charge on any atom is 0.339 e. The molecule has 0 aliphatic carbocycles. The van der Waals surface area contributed by atoms with Crippen molar-refractivity contribution in [1.82, 2.24) is 0 Å². The van der Waals surface area contributed by atoms with Gasteiger partial charge >= 0.3 is 10.1 Å². The van der Waals surface area contributed by atoms with Gasteiger partial charge in [-0.3, -0.25) is 0 Å². The fourth-order valence-corrected chi connectivity index (χ4v) is 4.34. The molecule has 0 aliphatic rings. The van der Waals surface area contributed by atoms with Gasteiger partial charge in [-0.25, -0.2) is 0 Å². The predicted octanol–water partition coefficient (Wildman–Crippen LogP) is 6.88. The molecule has 0 aliphatic heterocycles. The minimum atomic E-state index is -4.10. The largest absolute Gasteiger partial charge is 0.490 e. The maximum absolute atomic E-state index is 12.6. The number of rotatable bonds is 7. The van der Waals surface area contributed by atoms with E-state index in [1.54, 1.807) is 43.3 Å². The molecule has 0 heterocycles. The zero-order valence-corrected chi connectivity index (χ0v) is 19.8. The topological polar surface area (TPSA) is 76.4 Å². The van der Waals surface area contributed by atoms with Gasteiger partial charge in [0.25, 0.3) is 0 Å². The van der Waals surface area contributed by atoms with Crippen LogP contribution in [0, 0.1) is 11.3 Å². The highest BCUT2D eigenvalue weighted by Crippen LogP contribution is 2.34. The lowest BCUT2D eigenvalue weighted by molar-refractivity contribution is 0.327. The minimum absolute atomic E-state index is 0.0157. The molecule has 164 valence electrons. The zero-order chi connectivity index (χ0) is 23.3. The van der Waals surface area contributed by atoms with Gasteiger partial charge in [0.1, 0.15) is 4.90 Å². The Morgan fingerprint density at radius 3 is 2.28 bits per heavy atom. The summed E-state index contributed by atoms with van der Waals surface area (Å²) in [5.41, 5.74) is 1.41. The summed E-state index contributed by atoms with van der Waals surface area (Å²) in [4.78, 5) is -0.0440. The molecular weight excluding hydrogens is 493 g/mol. The third-order valence-electron chi connectivity index (χ3n) is 4.22. The molecule has 0 N–H and O–H groups in total. The first-order chi connectivity index (χ1) is 15.2. The second-order valence-corrected chi connectivity index (χ2v) is 9.25. The van der Waals surface area contributed by atoms with Gasteiger partial charge in [0.15, 0.2) is 11.5 Å². The summed E-state index contributed by atoms with van der Waals surface area (Å²) in [6.07, 6.45) is 1.61. The quantitative estimate of drug-likeness (QED) is 0.197. The normalized spacial score (nSPS) is 11.7. The number of nitriles is 1. The molecule has 0 radical (unpaired) electrons. The van der Waals surface area contributed by atoms with Crippen molar-refractivity contribution in [3.8, 4) is 17.6 Å². The van der Waals surface area contributed by atoms with Crippen LogP contribution in [0.3, 0.4) is 0 Å².